The van der Waals surface area contributed by atoms with E-state index in [0.717, 1.165) is 16.6 Å². The molecule has 0 bridgehead atoms. The summed E-state index contributed by atoms with van der Waals surface area (Å²) in [6.45, 7) is 8.33. The average Bonchev–Trinajstić information content (AvgIpc) is 3.43. The lowest BCUT2D eigenvalue weighted by atomic mass is 9.68. The van der Waals surface area contributed by atoms with Crippen LogP contribution >= 0.6 is 0 Å². The summed E-state index contributed by atoms with van der Waals surface area (Å²) in [7, 11) is -0.455. The van der Waals surface area contributed by atoms with Gasteiger partial charge in [-0.2, -0.15) is 5.26 Å². The molecule has 0 N–H and O–H groups in total. The normalized spacial score (nSPS) is 18.9. The predicted octanol–water partition coefficient (Wildman–Crippen LogP) is 6.20. The fraction of sp³-hybridized carbons (Fsp3) is 0.219. The van der Waals surface area contributed by atoms with E-state index in [1.54, 1.807) is 0 Å². The highest BCUT2D eigenvalue weighted by molar-refractivity contribution is 6.62. The van der Waals surface area contributed by atoms with E-state index in [2.05, 4.69) is 107 Å². The Morgan fingerprint density at radius 1 is 0.639 bits per heavy atom. The molecule has 0 atom stereocenters. The number of hydrogen-bond acceptors (Lipinski definition) is 3. The third-order valence-electron chi connectivity index (χ3n) is 8.78. The van der Waals surface area contributed by atoms with Gasteiger partial charge in [0.1, 0.15) is 0 Å². The Morgan fingerprint density at radius 3 is 1.83 bits per heavy atom. The van der Waals surface area contributed by atoms with E-state index in [1.807, 2.05) is 12.1 Å². The maximum absolute atomic E-state index is 10.1. The van der Waals surface area contributed by atoms with Crippen LogP contribution in [0.25, 0.3) is 22.3 Å². The SMILES string of the molecule is CC1(C)OB(c2ccc3c(c2)C2(c4ccccc4-c4ccccc42)c2cccc(C#N)c2-3)OC1(C)C. The third kappa shape index (κ3) is 2.50. The summed E-state index contributed by atoms with van der Waals surface area (Å²) in [5, 5.41) is 10.1. The van der Waals surface area contributed by atoms with Crippen molar-refractivity contribution in [1.29, 1.82) is 5.26 Å². The molecule has 0 saturated carbocycles. The summed E-state index contributed by atoms with van der Waals surface area (Å²) in [5.41, 5.74) is 9.86. The first-order chi connectivity index (χ1) is 17.3. The fourth-order valence-corrected chi connectivity index (χ4v) is 6.42. The van der Waals surface area contributed by atoms with Crippen LogP contribution in [0, 0.1) is 11.3 Å². The molecule has 1 aliphatic heterocycles. The van der Waals surface area contributed by atoms with Crippen molar-refractivity contribution in [2.45, 2.75) is 44.3 Å². The number of nitriles is 1. The molecule has 4 heteroatoms. The van der Waals surface area contributed by atoms with Gasteiger partial charge >= 0.3 is 7.12 Å². The first-order valence-corrected chi connectivity index (χ1v) is 12.5. The molecule has 0 unspecified atom stereocenters. The molecule has 4 aromatic carbocycles. The van der Waals surface area contributed by atoms with Gasteiger partial charge in [0.05, 0.1) is 28.2 Å². The van der Waals surface area contributed by atoms with E-state index in [-0.39, 0.29) is 0 Å². The van der Waals surface area contributed by atoms with Crippen LogP contribution in [0.5, 0.6) is 0 Å². The molecule has 2 aliphatic carbocycles. The summed E-state index contributed by atoms with van der Waals surface area (Å²) in [5.74, 6) is 0. The van der Waals surface area contributed by atoms with Crippen molar-refractivity contribution in [3.8, 4) is 28.3 Å². The van der Waals surface area contributed by atoms with Crippen LogP contribution < -0.4 is 5.46 Å². The zero-order valence-electron chi connectivity index (χ0n) is 20.9. The maximum Gasteiger partial charge on any atom is 0.494 e. The van der Waals surface area contributed by atoms with Crippen LogP contribution in [0.15, 0.2) is 84.9 Å². The van der Waals surface area contributed by atoms with Gasteiger partial charge in [0, 0.05) is 5.56 Å². The Kier molecular flexibility index (Phi) is 4.19. The van der Waals surface area contributed by atoms with Crippen molar-refractivity contribution in [1.82, 2.24) is 0 Å². The van der Waals surface area contributed by atoms with E-state index in [1.165, 1.54) is 33.4 Å². The van der Waals surface area contributed by atoms with Gasteiger partial charge in [0.25, 0.3) is 0 Å². The van der Waals surface area contributed by atoms with Crippen LogP contribution in [0.3, 0.4) is 0 Å². The van der Waals surface area contributed by atoms with Gasteiger partial charge in [-0.15, -0.1) is 0 Å². The van der Waals surface area contributed by atoms with Crippen molar-refractivity contribution < 1.29 is 9.31 Å². The highest BCUT2D eigenvalue weighted by Crippen LogP contribution is 2.63. The molecule has 3 nitrogen and oxygen atoms in total. The van der Waals surface area contributed by atoms with E-state index < -0.39 is 23.7 Å². The van der Waals surface area contributed by atoms with E-state index in [0.29, 0.717) is 5.56 Å². The minimum Gasteiger partial charge on any atom is -0.399 e. The predicted molar refractivity (Wildman–Crippen MR) is 143 cm³/mol. The molecule has 1 fully saturated rings. The van der Waals surface area contributed by atoms with Crippen molar-refractivity contribution in [2.75, 3.05) is 0 Å². The number of hydrogen-bond donors (Lipinski definition) is 0. The third-order valence-corrected chi connectivity index (χ3v) is 8.78. The Morgan fingerprint density at radius 2 is 1.22 bits per heavy atom. The second-order valence-electron chi connectivity index (χ2n) is 11.1. The number of nitrogens with zero attached hydrogens (tertiary/aromatic N) is 1. The number of benzene rings is 4. The lowest BCUT2D eigenvalue weighted by molar-refractivity contribution is 0.00578. The van der Waals surface area contributed by atoms with Gasteiger partial charge in [-0.25, -0.2) is 0 Å². The Hall–Kier alpha value is -3.65. The Balaban J connectivity index is 1.56. The van der Waals surface area contributed by atoms with Gasteiger partial charge in [0.15, 0.2) is 0 Å². The van der Waals surface area contributed by atoms with Crippen LogP contribution in [-0.4, -0.2) is 18.3 Å². The standard InChI is InChI=1S/C32H26BNO2/c1-30(2)31(3,4)36-33(35-30)21-16-17-24-28(18-21)32(27-15-9-10-20(19-34)29(24)27)25-13-7-5-11-22(25)23-12-6-8-14-26(23)32/h5-18H,1-4H3. The second kappa shape index (κ2) is 6.98. The average molecular weight is 467 g/mol. The van der Waals surface area contributed by atoms with Gasteiger partial charge in [-0.05, 0) is 78.2 Å². The van der Waals surface area contributed by atoms with Crippen molar-refractivity contribution in [2.24, 2.45) is 0 Å². The molecule has 0 aromatic heterocycles. The quantitative estimate of drug-likeness (QED) is 0.271. The molecule has 1 saturated heterocycles. The lowest BCUT2D eigenvalue weighted by Crippen LogP contribution is -2.41. The Bertz CT molecular complexity index is 1570. The smallest absolute Gasteiger partial charge is 0.399 e. The van der Waals surface area contributed by atoms with Crippen LogP contribution in [-0.2, 0) is 14.7 Å². The number of rotatable bonds is 1. The molecule has 3 aliphatic rings. The molecular weight excluding hydrogens is 441 g/mol. The Labute approximate surface area is 212 Å². The molecular formula is C32H26BNO2. The molecule has 174 valence electrons. The zero-order chi connectivity index (χ0) is 24.9. The summed E-state index contributed by atoms with van der Waals surface area (Å²) in [6.07, 6.45) is 0. The highest BCUT2D eigenvalue weighted by Gasteiger charge is 2.55. The molecule has 7 rings (SSSR count). The molecule has 1 heterocycles. The molecule has 0 amide bonds. The topological polar surface area (TPSA) is 42.2 Å². The van der Waals surface area contributed by atoms with Crippen LogP contribution in [0.4, 0.5) is 0 Å². The molecule has 36 heavy (non-hydrogen) atoms. The monoisotopic (exact) mass is 467 g/mol. The molecule has 4 aromatic rings. The first-order valence-electron chi connectivity index (χ1n) is 12.5. The zero-order valence-corrected chi connectivity index (χ0v) is 20.9. The van der Waals surface area contributed by atoms with Crippen molar-refractivity contribution >= 4 is 12.6 Å². The van der Waals surface area contributed by atoms with Gasteiger partial charge in [-0.3, -0.25) is 0 Å². The maximum atomic E-state index is 10.1. The summed E-state index contributed by atoms with van der Waals surface area (Å²) < 4.78 is 12.9. The largest absolute Gasteiger partial charge is 0.494 e. The van der Waals surface area contributed by atoms with Gasteiger partial charge in [0.2, 0.25) is 0 Å². The minimum atomic E-state index is -0.496. The number of fused-ring (bicyclic) bond motifs is 10. The molecule has 0 radical (unpaired) electrons. The second-order valence-corrected chi connectivity index (χ2v) is 11.1. The summed E-state index contributed by atoms with van der Waals surface area (Å²) >= 11 is 0. The summed E-state index contributed by atoms with van der Waals surface area (Å²) in [4.78, 5) is 0. The lowest BCUT2D eigenvalue weighted by Gasteiger charge is -2.32. The van der Waals surface area contributed by atoms with Crippen molar-refractivity contribution in [3.05, 3.63) is 113 Å². The fourth-order valence-electron chi connectivity index (χ4n) is 6.42. The first kappa shape index (κ1) is 21.6. The minimum absolute atomic E-state index is 0.419. The van der Waals surface area contributed by atoms with Gasteiger partial charge < -0.3 is 9.31 Å². The van der Waals surface area contributed by atoms with Crippen LogP contribution in [0.1, 0.15) is 55.5 Å². The van der Waals surface area contributed by atoms with Gasteiger partial charge in [-0.1, -0.05) is 78.9 Å². The molecule has 1 spiro atoms. The van der Waals surface area contributed by atoms with Crippen molar-refractivity contribution in [3.63, 3.8) is 0 Å². The van der Waals surface area contributed by atoms with Crippen LogP contribution in [0.2, 0.25) is 0 Å². The summed E-state index contributed by atoms with van der Waals surface area (Å²) in [6, 6.07) is 32.5. The van der Waals surface area contributed by atoms with E-state index in [4.69, 9.17) is 9.31 Å². The van der Waals surface area contributed by atoms with E-state index in [9.17, 15) is 5.26 Å². The van der Waals surface area contributed by atoms with E-state index >= 15 is 0 Å². The highest BCUT2D eigenvalue weighted by atomic mass is 16.7.